The maximum absolute atomic E-state index is 13.2. The second-order valence-electron chi connectivity index (χ2n) is 8.23. The van der Waals surface area contributed by atoms with Crippen LogP contribution in [-0.2, 0) is 15.1 Å². The van der Waals surface area contributed by atoms with Crippen LogP contribution in [0, 0.1) is 0 Å². The summed E-state index contributed by atoms with van der Waals surface area (Å²) >= 11 is 0. The van der Waals surface area contributed by atoms with Crippen molar-refractivity contribution in [2.24, 2.45) is 0 Å². The molecule has 3 atom stereocenters. The van der Waals surface area contributed by atoms with E-state index in [4.69, 9.17) is 9.47 Å². The van der Waals surface area contributed by atoms with E-state index in [2.05, 4.69) is 5.32 Å². The molecular formula is C21H27N3O5. The van der Waals surface area contributed by atoms with Crippen LogP contribution in [0.15, 0.2) is 18.2 Å². The quantitative estimate of drug-likeness (QED) is 0.783. The Morgan fingerprint density at radius 1 is 1.14 bits per heavy atom. The van der Waals surface area contributed by atoms with Crippen LogP contribution in [-0.4, -0.2) is 59.5 Å². The van der Waals surface area contributed by atoms with Crippen LogP contribution in [0.2, 0.25) is 0 Å². The molecular weight excluding hydrogens is 374 g/mol. The lowest BCUT2D eigenvalue weighted by Crippen LogP contribution is -2.52. The number of imide groups is 1. The SMILES string of the molecule is C[C@@H]1CCC[C@H](C)N1C(=O)CN1C(=O)N[C@](C)(c2ccc3c(c2)OCCO3)C1=O. The molecule has 1 aromatic rings. The van der Waals surface area contributed by atoms with Crippen molar-refractivity contribution >= 4 is 17.8 Å². The minimum absolute atomic E-state index is 0.108. The van der Waals surface area contributed by atoms with E-state index in [-0.39, 0.29) is 24.5 Å². The molecule has 0 aliphatic carbocycles. The normalized spacial score (nSPS) is 29.1. The summed E-state index contributed by atoms with van der Waals surface area (Å²) in [6, 6.07) is 4.85. The highest BCUT2D eigenvalue weighted by Crippen LogP contribution is 2.37. The van der Waals surface area contributed by atoms with Crippen molar-refractivity contribution in [2.45, 2.75) is 57.7 Å². The molecule has 0 spiro atoms. The molecule has 3 aliphatic rings. The number of nitrogens with zero attached hydrogens (tertiary/aromatic N) is 2. The van der Waals surface area contributed by atoms with Crippen LogP contribution in [0.3, 0.4) is 0 Å². The highest BCUT2D eigenvalue weighted by molar-refractivity contribution is 6.09. The maximum Gasteiger partial charge on any atom is 0.325 e. The van der Waals surface area contributed by atoms with E-state index in [1.54, 1.807) is 25.1 Å². The molecule has 0 saturated carbocycles. The Kier molecular flexibility index (Phi) is 4.88. The van der Waals surface area contributed by atoms with Gasteiger partial charge in [-0.05, 0) is 57.7 Å². The number of rotatable bonds is 3. The lowest BCUT2D eigenvalue weighted by Gasteiger charge is -2.39. The molecule has 3 aliphatic heterocycles. The number of nitrogens with one attached hydrogen (secondary N) is 1. The van der Waals surface area contributed by atoms with E-state index in [1.807, 2.05) is 18.7 Å². The van der Waals surface area contributed by atoms with E-state index in [9.17, 15) is 14.4 Å². The number of likely N-dealkylation sites (tertiary alicyclic amines) is 1. The van der Waals surface area contributed by atoms with Crippen molar-refractivity contribution in [3.05, 3.63) is 23.8 Å². The van der Waals surface area contributed by atoms with Crippen LogP contribution in [0.25, 0.3) is 0 Å². The largest absolute Gasteiger partial charge is 0.486 e. The molecule has 8 nitrogen and oxygen atoms in total. The number of benzene rings is 1. The van der Waals surface area contributed by atoms with Crippen LogP contribution in [0.1, 0.15) is 45.6 Å². The summed E-state index contributed by atoms with van der Waals surface area (Å²) in [5, 5.41) is 2.75. The smallest absolute Gasteiger partial charge is 0.325 e. The number of carbonyl (C=O) groups excluding carboxylic acids is 3. The molecule has 8 heteroatoms. The molecule has 0 unspecified atom stereocenters. The molecule has 0 bridgehead atoms. The van der Waals surface area contributed by atoms with Gasteiger partial charge in [-0.15, -0.1) is 0 Å². The van der Waals surface area contributed by atoms with Gasteiger partial charge < -0.3 is 19.7 Å². The first kappa shape index (κ1) is 19.5. The van der Waals surface area contributed by atoms with E-state index >= 15 is 0 Å². The summed E-state index contributed by atoms with van der Waals surface area (Å²) in [5.41, 5.74) is -0.665. The standard InChI is InChI=1S/C21H27N3O5/c1-13-5-4-6-14(2)24(13)18(25)12-23-19(26)21(3,22-20(23)27)15-7-8-16-17(11-15)29-10-9-28-16/h7-8,11,13-14H,4-6,9-10,12H2,1-3H3,(H,22,27)/t13-,14+,21-/m1/s1. The Hall–Kier alpha value is -2.77. The minimum Gasteiger partial charge on any atom is -0.486 e. The average molecular weight is 401 g/mol. The van der Waals surface area contributed by atoms with Crippen molar-refractivity contribution in [3.8, 4) is 11.5 Å². The van der Waals surface area contributed by atoms with Crippen LogP contribution in [0.5, 0.6) is 11.5 Å². The number of hydrogen-bond donors (Lipinski definition) is 1. The zero-order chi connectivity index (χ0) is 20.8. The predicted octanol–water partition coefficient (Wildman–Crippen LogP) is 2.01. The Morgan fingerprint density at radius 3 is 2.48 bits per heavy atom. The first-order chi connectivity index (χ1) is 13.8. The Bertz CT molecular complexity index is 847. The lowest BCUT2D eigenvalue weighted by molar-refractivity contribution is -0.142. The van der Waals surface area contributed by atoms with Crippen molar-refractivity contribution in [1.29, 1.82) is 0 Å². The van der Waals surface area contributed by atoms with Gasteiger partial charge in [-0.25, -0.2) is 4.79 Å². The number of amides is 4. The minimum atomic E-state index is -1.26. The van der Waals surface area contributed by atoms with Gasteiger partial charge in [0.1, 0.15) is 25.3 Å². The molecule has 3 heterocycles. The van der Waals surface area contributed by atoms with Gasteiger partial charge >= 0.3 is 6.03 Å². The van der Waals surface area contributed by atoms with Gasteiger partial charge in [-0.1, -0.05) is 6.07 Å². The van der Waals surface area contributed by atoms with Crippen molar-refractivity contribution in [1.82, 2.24) is 15.1 Å². The van der Waals surface area contributed by atoms with Crippen molar-refractivity contribution < 1.29 is 23.9 Å². The Morgan fingerprint density at radius 2 is 1.79 bits per heavy atom. The third-order valence-electron chi connectivity index (χ3n) is 6.17. The monoisotopic (exact) mass is 401 g/mol. The van der Waals surface area contributed by atoms with Gasteiger partial charge in [0.05, 0.1) is 0 Å². The third-order valence-corrected chi connectivity index (χ3v) is 6.17. The highest BCUT2D eigenvalue weighted by atomic mass is 16.6. The summed E-state index contributed by atoms with van der Waals surface area (Å²) in [7, 11) is 0. The fourth-order valence-corrected chi connectivity index (χ4v) is 4.52. The summed E-state index contributed by atoms with van der Waals surface area (Å²) in [4.78, 5) is 41.5. The summed E-state index contributed by atoms with van der Waals surface area (Å²) < 4.78 is 11.1. The molecule has 1 aromatic carbocycles. The van der Waals surface area contributed by atoms with Gasteiger partial charge in [0.25, 0.3) is 5.91 Å². The third kappa shape index (κ3) is 3.30. The number of ether oxygens (including phenoxy) is 2. The Balaban J connectivity index is 1.54. The van der Waals surface area contributed by atoms with Gasteiger partial charge in [0.15, 0.2) is 11.5 Å². The first-order valence-corrected chi connectivity index (χ1v) is 10.2. The second kappa shape index (κ2) is 7.24. The summed E-state index contributed by atoms with van der Waals surface area (Å²) in [5.74, 6) is 0.521. The van der Waals surface area contributed by atoms with Gasteiger partial charge in [-0.3, -0.25) is 14.5 Å². The van der Waals surface area contributed by atoms with Crippen LogP contribution >= 0.6 is 0 Å². The molecule has 156 valence electrons. The maximum atomic E-state index is 13.2. The molecule has 29 heavy (non-hydrogen) atoms. The topological polar surface area (TPSA) is 88.2 Å². The molecule has 0 radical (unpaired) electrons. The first-order valence-electron chi connectivity index (χ1n) is 10.2. The highest BCUT2D eigenvalue weighted by Gasteiger charge is 2.50. The predicted molar refractivity (Wildman–Crippen MR) is 105 cm³/mol. The van der Waals surface area contributed by atoms with Crippen molar-refractivity contribution in [2.75, 3.05) is 19.8 Å². The van der Waals surface area contributed by atoms with E-state index in [0.717, 1.165) is 24.2 Å². The molecule has 0 aromatic heterocycles. The Labute approximate surface area is 170 Å². The number of urea groups is 1. The molecule has 2 saturated heterocycles. The summed E-state index contributed by atoms with van der Waals surface area (Å²) in [6.07, 6.45) is 2.95. The van der Waals surface area contributed by atoms with Crippen LogP contribution in [0.4, 0.5) is 4.79 Å². The number of fused-ring (bicyclic) bond motifs is 1. The van der Waals surface area contributed by atoms with Crippen LogP contribution < -0.4 is 14.8 Å². The molecule has 1 N–H and O–H groups in total. The molecule has 4 rings (SSSR count). The van der Waals surface area contributed by atoms with E-state index in [0.29, 0.717) is 30.3 Å². The lowest BCUT2D eigenvalue weighted by atomic mass is 9.91. The van der Waals surface area contributed by atoms with Gasteiger partial charge in [0, 0.05) is 12.1 Å². The van der Waals surface area contributed by atoms with Crippen molar-refractivity contribution in [3.63, 3.8) is 0 Å². The van der Waals surface area contributed by atoms with Gasteiger partial charge in [-0.2, -0.15) is 0 Å². The number of piperidine rings is 1. The molecule has 4 amide bonds. The summed E-state index contributed by atoms with van der Waals surface area (Å²) in [6.45, 7) is 6.33. The number of carbonyl (C=O) groups is 3. The second-order valence-corrected chi connectivity index (χ2v) is 8.23. The zero-order valence-corrected chi connectivity index (χ0v) is 17.1. The van der Waals surface area contributed by atoms with E-state index < -0.39 is 17.5 Å². The molecule has 2 fully saturated rings. The number of hydrogen-bond acceptors (Lipinski definition) is 5. The van der Waals surface area contributed by atoms with Gasteiger partial charge in [0.2, 0.25) is 5.91 Å². The average Bonchev–Trinajstić information content (AvgIpc) is 2.91. The fourth-order valence-electron chi connectivity index (χ4n) is 4.52. The fraction of sp³-hybridized carbons (Fsp3) is 0.571. The van der Waals surface area contributed by atoms with E-state index in [1.165, 1.54) is 0 Å². The zero-order valence-electron chi connectivity index (χ0n) is 17.1.